The number of nitrogens with one attached hydrogen (secondary N) is 1. The molecule has 0 radical (unpaired) electrons. The highest BCUT2D eigenvalue weighted by Crippen LogP contribution is 2.28. The zero-order chi connectivity index (χ0) is 15.8. The van der Waals surface area contributed by atoms with Crippen LogP contribution in [-0.4, -0.2) is 25.7 Å². The summed E-state index contributed by atoms with van der Waals surface area (Å²) in [6, 6.07) is 5.98. The molecule has 4 nitrogen and oxygen atoms in total. The van der Waals surface area contributed by atoms with Crippen molar-refractivity contribution in [1.82, 2.24) is 5.32 Å². The van der Waals surface area contributed by atoms with Gasteiger partial charge in [0.25, 0.3) is 5.91 Å². The van der Waals surface area contributed by atoms with Crippen LogP contribution in [0.15, 0.2) is 24.3 Å². The molecule has 2 rings (SSSR count). The van der Waals surface area contributed by atoms with E-state index >= 15 is 0 Å². The molecule has 1 aromatic carbocycles. The van der Waals surface area contributed by atoms with Crippen LogP contribution in [0.25, 0.3) is 6.08 Å². The number of hydrogen-bond donors (Lipinski definition) is 1. The number of amides is 1. The van der Waals surface area contributed by atoms with Gasteiger partial charge in [0.2, 0.25) is 0 Å². The number of carbonyl (C=O) groups is 1. The highest BCUT2D eigenvalue weighted by Gasteiger charge is 2.16. The van der Waals surface area contributed by atoms with Crippen LogP contribution in [0.2, 0.25) is 0 Å². The molecule has 0 aliphatic heterocycles. The number of rotatable bonds is 6. The first-order valence-corrected chi connectivity index (χ1v) is 7.96. The summed E-state index contributed by atoms with van der Waals surface area (Å²) in [7, 11) is 1.60. The Labute approximate surface area is 132 Å². The second-order valence-electron chi connectivity index (χ2n) is 5.60. The van der Waals surface area contributed by atoms with E-state index < -0.39 is 0 Å². The van der Waals surface area contributed by atoms with Crippen molar-refractivity contribution in [1.29, 1.82) is 0 Å². The molecule has 1 saturated carbocycles. The second kappa shape index (κ2) is 8.47. The van der Waals surface area contributed by atoms with Crippen molar-refractivity contribution in [3.8, 4) is 11.5 Å². The van der Waals surface area contributed by atoms with Crippen LogP contribution < -0.4 is 14.8 Å². The summed E-state index contributed by atoms with van der Waals surface area (Å²) < 4.78 is 10.9. The van der Waals surface area contributed by atoms with Gasteiger partial charge in [-0.05, 0) is 37.5 Å². The molecule has 1 aliphatic carbocycles. The predicted molar refractivity (Wildman–Crippen MR) is 88.2 cm³/mol. The molecule has 0 saturated heterocycles. The maximum atomic E-state index is 12.0. The van der Waals surface area contributed by atoms with Gasteiger partial charge in [0, 0.05) is 6.04 Å². The van der Waals surface area contributed by atoms with E-state index in [0.29, 0.717) is 17.5 Å². The SMILES string of the molecule is C/C=C/c1ccc(OCC(=O)NC2CCCCC2)c(OC)c1. The molecule has 0 atom stereocenters. The molecule has 0 aromatic heterocycles. The molecule has 0 unspecified atom stereocenters. The van der Waals surface area contributed by atoms with Crippen LogP contribution in [0.1, 0.15) is 44.6 Å². The fourth-order valence-corrected chi connectivity index (χ4v) is 2.76. The van der Waals surface area contributed by atoms with Gasteiger partial charge in [-0.2, -0.15) is 0 Å². The van der Waals surface area contributed by atoms with Crippen molar-refractivity contribution in [2.75, 3.05) is 13.7 Å². The molecule has 1 fully saturated rings. The Balaban J connectivity index is 1.88. The lowest BCUT2D eigenvalue weighted by atomic mass is 9.95. The Morgan fingerprint density at radius 1 is 1.27 bits per heavy atom. The monoisotopic (exact) mass is 303 g/mol. The summed E-state index contributed by atoms with van der Waals surface area (Å²) in [5.74, 6) is 1.17. The van der Waals surface area contributed by atoms with Gasteiger partial charge in [0.05, 0.1) is 7.11 Å². The van der Waals surface area contributed by atoms with E-state index in [1.54, 1.807) is 7.11 Å². The highest BCUT2D eigenvalue weighted by atomic mass is 16.5. The van der Waals surface area contributed by atoms with Crippen LogP contribution in [0.4, 0.5) is 0 Å². The summed E-state index contributed by atoms with van der Waals surface area (Å²) >= 11 is 0. The average molecular weight is 303 g/mol. The minimum atomic E-state index is -0.0634. The molecule has 0 bridgehead atoms. The highest BCUT2D eigenvalue weighted by molar-refractivity contribution is 5.78. The number of methoxy groups -OCH3 is 1. The first-order valence-electron chi connectivity index (χ1n) is 7.96. The van der Waals surface area contributed by atoms with Crippen molar-refractivity contribution in [3.63, 3.8) is 0 Å². The van der Waals surface area contributed by atoms with Crippen molar-refractivity contribution in [2.45, 2.75) is 45.1 Å². The largest absolute Gasteiger partial charge is 0.493 e. The molecule has 0 spiro atoms. The lowest BCUT2D eigenvalue weighted by Gasteiger charge is -2.22. The minimum absolute atomic E-state index is 0.0236. The standard InChI is InChI=1S/C18H25NO3/c1-3-7-14-10-11-16(17(12-14)21-2)22-13-18(20)19-15-8-5-4-6-9-15/h3,7,10-12,15H,4-6,8-9,13H2,1-2H3,(H,19,20)/b7-3+. The molecule has 1 amide bonds. The average Bonchev–Trinajstić information content (AvgIpc) is 2.54. The fraction of sp³-hybridized carbons (Fsp3) is 0.500. The van der Waals surface area contributed by atoms with Crippen LogP contribution >= 0.6 is 0 Å². The van der Waals surface area contributed by atoms with E-state index in [2.05, 4.69) is 5.32 Å². The number of ether oxygens (including phenoxy) is 2. The van der Waals surface area contributed by atoms with Crippen molar-refractivity contribution in [2.24, 2.45) is 0 Å². The van der Waals surface area contributed by atoms with Crippen LogP contribution in [0.3, 0.4) is 0 Å². The lowest BCUT2D eigenvalue weighted by molar-refractivity contribution is -0.124. The zero-order valence-corrected chi connectivity index (χ0v) is 13.4. The molecule has 1 aromatic rings. The minimum Gasteiger partial charge on any atom is -0.493 e. The van der Waals surface area contributed by atoms with E-state index in [1.807, 2.05) is 37.3 Å². The van der Waals surface area contributed by atoms with Gasteiger partial charge >= 0.3 is 0 Å². The van der Waals surface area contributed by atoms with Gasteiger partial charge in [-0.15, -0.1) is 0 Å². The first-order chi connectivity index (χ1) is 10.7. The Morgan fingerprint density at radius 2 is 2.05 bits per heavy atom. The number of benzene rings is 1. The topological polar surface area (TPSA) is 47.6 Å². The normalized spacial score (nSPS) is 15.7. The summed E-state index contributed by atoms with van der Waals surface area (Å²) in [5.41, 5.74) is 1.04. The molecular weight excluding hydrogens is 278 g/mol. The van der Waals surface area contributed by atoms with Crippen molar-refractivity contribution >= 4 is 12.0 Å². The van der Waals surface area contributed by atoms with E-state index in [0.717, 1.165) is 18.4 Å². The third-order valence-electron chi connectivity index (χ3n) is 3.88. The maximum absolute atomic E-state index is 12.0. The molecule has 4 heteroatoms. The predicted octanol–water partition coefficient (Wildman–Crippen LogP) is 3.56. The van der Waals surface area contributed by atoms with E-state index in [1.165, 1.54) is 19.3 Å². The molecule has 1 N–H and O–H groups in total. The summed E-state index contributed by atoms with van der Waals surface area (Å²) in [4.78, 5) is 12.0. The van der Waals surface area contributed by atoms with Crippen molar-refractivity contribution < 1.29 is 14.3 Å². The Morgan fingerprint density at radius 3 is 2.73 bits per heavy atom. The zero-order valence-electron chi connectivity index (χ0n) is 13.4. The van der Waals surface area contributed by atoms with Crippen molar-refractivity contribution in [3.05, 3.63) is 29.8 Å². The van der Waals surface area contributed by atoms with Gasteiger partial charge < -0.3 is 14.8 Å². The van der Waals surface area contributed by atoms with Crippen LogP contribution in [0.5, 0.6) is 11.5 Å². The van der Waals surface area contributed by atoms with Crippen LogP contribution in [0, 0.1) is 0 Å². The van der Waals surface area contributed by atoms with Gasteiger partial charge in [0.1, 0.15) is 0 Å². The molecule has 1 aliphatic rings. The van der Waals surface area contributed by atoms with E-state index in [4.69, 9.17) is 9.47 Å². The molecule has 22 heavy (non-hydrogen) atoms. The van der Waals surface area contributed by atoms with Gasteiger partial charge in [-0.1, -0.05) is 37.5 Å². The van der Waals surface area contributed by atoms with Crippen LogP contribution in [-0.2, 0) is 4.79 Å². The Kier molecular flexibility index (Phi) is 6.31. The lowest BCUT2D eigenvalue weighted by Crippen LogP contribution is -2.39. The summed E-state index contributed by atoms with van der Waals surface area (Å²) in [6.45, 7) is 1.99. The van der Waals surface area contributed by atoms with E-state index in [-0.39, 0.29) is 12.5 Å². The Hall–Kier alpha value is -1.97. The van der Waals surface area contributed by atoms with Gasteiger partial charge in [0.15, 0.2) is 18.1 Å². The van der Waals surface area contributed by atoms with Gasteiger partial charge in [-0.3, -0.25) is 4.79 Å². The number of allylic oxidation sites excluding steroid dienone is 1. The van der Waals surface area contributed by atoms with E-state index in [9.17, 15) is 4.79 Å². The summed E-state index contributed by atoms with van der Waals surface area (Å²) in [5, 5.41) is 3.04. The first kappa shape index (κ1) is 16.4. The maximum Gasteiger partial charge on any atom is 0.258 e. The third kappa shape index (κ3) is 4.79. The van der Waals surface area contributed by atoms with Gasteiger partial charge in [-0.25, -0.2) is 0 Å². The summed E-state index contributed by atoms with van der Waals surface area (Å²) in [6.07, 6.45) is 9.78. The quantitative estimate of drug-likeness (QED) is 0.874. The molecular formula is C18H25NO3. The number of carbonyl (C=O) groups excluding carboxylic acids is 1. The smallest absolute Gasteiger partial charge is 0.258 e. The third-order valence-corrected chi connectivity index (χ3v) is 3.88. The molecule has 120 valence electrons. The second-order valence-corrected chi connectivity index (χ2v) is 5.60. The number of hydrogen-bond acceptors (Lipinski definition) is 3. The fourth-order valence-electron chi connectivity index (χ4n) is 2.76. The molecule has 0 heterocycles. The Bertz CT molecular complexity index is 519.